The van der Waals surface area contributed by atoms with Gasteiger partial charge in [-0.25, -0.2) is 0 Å². The van der Waals surface area contributed by atoms with Gasteiger partial charge in [0.1, 0.15) is 11.4 Å². The highest BCUT2D eigenvalue weighted by Crippen LogP contribution is 2.42. The number of fused-ring (bicyclic) bond motifs is 1. The van der Waals surface area contributed by atoms with Gasteiger partial charge < -0.3 is 15.0 Å². The zero-order valence-electron chi connectivity index (χ0n) is 17.0. The van der Waals surface area contributed by atoms with Crippen molar-refractivity contribution in [3.63, 3.8) is 0 Å². The number of rotatable bonds is 2. The second-order valence-electron chi connectivity index (χ2n) is 8.04. The lowest BCUT2D eigenvalue weighted by Crippen LogP contribution is -2.52. The average molecular weight is 427 g/mol. The number of halogens is 1. The van der Waals surface area contributed by atoms with Gasteiger partial charge in [0.15, 0.2) is 5.78 Å². The minimum absolute atomic E-state index is 0.0321. The van der Waals surface area contributed by atoms with Gasteiger partial charge in [0.2, 0.25) is 5.91 Å². The summed E-state index contributed by atoms with van der Waals surface area (Å²) >= 11 is 6.10. The first-order valence-electron chi connectivity index (χ1n) is 9.96. The number of amides is 2. The summed E-state index contributed by atoms with van der Waals surface area (Å²) in [5.41, 5.74) is 1.91. The first-order chi connectivity index (χ1) is 14.3. The van der Waals surface area contributed by atoms with E-state index in [1.54, 1.807) is 41.3 Å². The molecule has 0 radical (unpaired) electrons. The van der Waals surface area contributed by atoms with Crippen molar-refractivity contribution in [1.82, 2.24) is 4.90 Å². The van der Waals surface area contributed by atoms with Crippen LogP contribution in [0.3, 0.4) is 0 Å². The van der Waals surface area contributed by atoms with E-state index in [2.05, 4.69) is 5.32 Å². The number of likely N-dealkylation sites (tertiary alicyclic amines) is 1. The summed E-state index contributed by atoms with van der Waals surface area (Å²) in [6.45, 7) is 4.31. The SMILES string of the molecule is CC(=O)Nc1cccc(C(=O)N2CCC3(CC2)CC(=O)c2cc(Cl)cc(C)c2O3)c1. The van der Waals surface area contributed by atoms with E-state index < -0.39 is 5.60 Å². The highest BCUT2D eigenvalue weighted by Gasteiger charge is 2.44. The number of ether oxygens (including phenoxy) is 1. The fraction of sp³-hybridized carbons (Fsp3) is 0.348. The van der Waals surface area contributed by atoms with Crippen molar-refractivity contribution in [2.45, 2.75) is 38.7 Å². The maximum atomic E-state index is 13.0. The van der Waals surface area contributed by atoms with Gasteiger partial charge in [-0.15, -0.1) is 0 Å². The van der Waals surface area contributed by atoms with Crippen molar-refractivity contribution in [3.8, 4) is 5.75 Å². The van der Waals surface area contributed by atoms with Crippen LogP contribution in [0.1, 0.15) is 52.5 Å². The van der Waals surface area contributed by atoms with Crippen LogP contribution in [-0.2, 0) is 4.79 Å². The summed E-state index contributed by atoms with van der Waals surface area (Å²) in [4.78, 5) is 38.8. The van der Waals surface area contributed by atoms with E-state index in [-0.39, 0.29) is 17.6 Å². The highest BCUT2D eigenvalue weighted by atomic mass is 35.5. The Morgan fingerprint density at radius 2 is 1.90 bits per heavy atom. The summed E-state index contributed by atoms with van der Waals surface area (Å²) in [5.74, 6) is 0.362. The second kappa shape index (κ2) is 7.76. The maximum Gasteiger partial charge on any atom is 0.253 e. The van der Waals surface area contributed by atoms with E-state index in [9.17, 15) is 14.4 Å². The van der Waals surface area contributed by atoms with E-state index in [1.165, 1.54) is 6.92 Å². The van der Waals surface area contributed by atoms with Crippen molar-refractivity contribution >= 4 is 34.9 Å². The van der Waals surface area contributed by atoms with Crippen LogP contribution in [0.15, 0.2) is 36.4 Å². The number of benzene rings is 2. The minimum Gasteiger partial charge on any atom is -0.486 e. The third-order valence-corrected chi connectivity index (χ3v) is 5.95. The lowest BCUT2D eigenvalue weighted by Gasteiger charge is -2.44. The molecule has 2 aromatic carbocycles. The van der Waals surface area contributed by atoms with Gasteiger partial charge in [0.05, 0.1) is 12.0 Å². The molecule has 1 fully saturated rings. The fourth-order valence-electron chi connectivity index (χ4n) is 4.22. The zero-order chi connectivity index (χ0) is 21.5. The number of piperidine rings is 1. The number of Topliss-reactive ketones (excluding diaryl/α,β-unsaturated/α-hetero) is 1. The van der Waals surface area contributed by atoms with Gasteiger partial charge in [-0.05, 0) is 42.8 Å². The monoisotopic (exact) mass is 426 g/mol. The van der Waals surface area contributed by atoms with Gasteiger partial charge in [-0.3, -0.25) is 14.4 Å². The number of nitrogens with one attached hydrogen (secondary N) is 1. The lowest BCUT2D eigenvalue weighted by molar-refractivity contribution is -0.114. The minimum atomic E-state index is -0.586. The second-order valence-corrected chi connectivity index (χ2v) is 8.48. The standard InChI is InChI=1S/C23H23ClN2O4/c1-14-10-17(24)12-19-20(28)13-23(30-21(14)19)6-8-26(9-7-23)22(29)16-4-3-5-18(11-16)25-15(2)27/h3-5,10-12H,6-9,13H2,1-2H3,(H,25,27). The Morgan fingerprint density at radius 3 is 2.60 bits per heavy atom. The van der Waals surface area contributed by atoms with Gasteiger partial charge in [0.25, 0.3) is 5.91 Å². The molecule has 0 aliphatic carbocycles. The normalized spacial score (nSPS) is 17.3. The predicted octanol–water partition coefficient (Wildman–Crippen LogP) is 4.25. The van der Waals surface area contributed by atoms with Gasteiger partial charge >= 0.3 is 0 Å². The van der Waals surface area contributed by atoms with Crippen molar-refractivity contribution in [2.24, 2.45) is 0 Å². The molecule has 6 nitrogen and oxygen atoms in total. The van der Waals surface area contributed by atoms with E-state index in [0.717, 1.165) is 5.56 Å². The molecule has 0 bridgehead atoms. The summed E-state index contributed by atoms with van der Waals surface area (Å²) in [7, 11) is 0. The molecule has 30 heavy (non-hydrogen) atoms. The topological polar surface area (TPSA) is 75.7 Å². The molecule has 2 aliphatic rings. The first-order valence-corrected chi connectivity index (χ1v) is 10.3. The average Bonchev–Trinajstić information content (AvgIpc) is 2.69. The molecule has 1 spiro atoms. The Labute approximate surface area is 180 Å². The van der Waals surface area contributed by atoms with Crippen LogP contribution >= 0.6 is 11.6 Å². The van der Waals surface area contributed by atoms with Crippen molar-refractivity contribution in [3.05, 3.63) is 58.1 Å². The van der Waals surface area contributed by atoms with Crippen molar-refractivity contribution in [2.75, 3.05) is 18.4 Å². The van der Waals surface area contributed by atoms with Gasteiger partial charge in [0, 0.05) is 49.1 Å². The Bertz CT molecular complexity index is 1040. The molecule has 1 saturated heterocycles. The molecule has 4 rings (SSSR count). The number of carbonyl (C=O) groups is 3. The molecule has 2 aliphatic heterocycles. The zero-order valence-corrected chi connectivity index (χ0v) is 17.7. The molecular weight excluding hydrogens is 404 g/mol. The molecular formula is C23H23ClN2O4. The molecule has 0 saturated carbocycles. The number of ketones is 1. The van der Waals surface area contributed by atoms with E-state index in [0.29, 0.717) is 59.9 Å². The van der Waals surface area contributed by atoms with Crippen LogP contribution in [0.4, 0.5) is 5.69 Å². The van der Waals surface area contributed by atoms with E-state index in [4.69, 9.17) is 16.3 Å². The van der Waals surface area contributed by atoms with Crippen LogP contribution in [-0.4, -0.2) is 41.2 Å². The molecule has 7 heteroatoms. The number of hydrogen-bond acceptors (Lipinski definition) is 4. The van der Waals surface area contributed by atoms with Crippen LogP contribution in [0.2, 0.25) is 5.02 Å². The third kappa shape index (κ3) is 3.92. The summed E-state index contributed by atoms with van der Waals surface area (Å²) < 4.78 is 6.35. The number of carbonyl (C=O) groups excluding carboxylic acids is 3. The fourth-order valence-corrected chi connectivity index (χ4v) is 4.50. The molecule has 1 N–H and O–H groups in total. The molecule has 2 aromatic rings. The third-order valence-electron chi connectivity index (χ3n) is 5.73. The molecule has 156 valence electrons. The summed E-state index contributed by atoms with van der Waals surface area (Å²) in [6, 6.07) is 10.4. The van der Waals surface area contributed by atoms with Gasteiger partial charge in [-0.1, -0.05) is 17.7 Å². The van der Waals surface area contributed by atoms with Crippen LogP contribution < -0.4 is 10.1 Å². The highest BCUT2D eigenvalue weighted by molar-refractivity contribution is 6.31. The van der Waals surface area contributed by atoms with Crippen LogP contribution in [0.5, 0.6) is 5.75 Å². The maximum absolute atomic E-state index is 13.0. The van der Waals surface area contributed by atoms with Crippen LogP contribution in [0.25, 0.3) is 0 Å². The van der Waals surface area contributed by atoms with Crippen molar-refractivity contribution in [1.29, 1.82) is 0 Å². The Kier molecular flexibility index (Phi) is 5.28. The van der Waals surface area contributed by atoms with E-state index in [1.807, 2.05) is 6.92 Å². The lowest BCUT2D eigenvalue weighted by atomic mass is 9.82. The Balaban J connectivity index is 1.48. The first kappa shape index (κ1) is 20.4. The number of aryl methyl sites for hydroxylation is 1. The molecule has 2 heterocycles. The smallest absolute Gasteiger partial charge is 0.253 e. The molecule has 0 unspecified atom stereocenters. The quantitative estimate of drug-likeness (QED) is 0.779. The van der Waals surface area contributed by atoms with Crippen LogP contribution in [0, 0.1) is 6.92 Å². The number of nitrogens with zero attached hydrogens (tertiary/aromatic N) is 1. The Hall–Kier alpha value is -2.86. The largest absolute Gasteiger partial charge is 0.486 e. The summed E-state index contributed by atoms with van der Waals surface area (Å²) in [6.07, 6.45) is 1.45. The van der Waals surface area contributed by atoms with Gasteiger partial charge in [-0.2, -0.15) is 0 Å². The van der Waals surface area contributed by atoms with Crippen molar-refractivity contribution < 1.29 is 19.1 Å². The predicted molar refractivity (Wildman–Crippen MR) is 114 cm³/mol. The molecule has 0 atom stereocenters. The number of hydrogen-bond donors (Lipinski definition) is 1. The molecule has 2 amide bonds. The molecule has 0 aromatic heterocycles. The van der Waals surface area contributed by atoms with E-state index >= 15 is 0 Å². The summed E-state index contributed by atoms with van der Waals surface area (Å²) in [5, 5.41) is 3.23. The number of anilines is 1. The Morgan fingerprint density at radius 1 is 1.17 bits per heavy atom.